The predicted octanol–water partition coefficient (Wildman–Crippen LogP) is 1.51. The van der Waals surface area contributed by atoms with Crippen LogP contribution in [0.3, 0.4) is 0 Å². The van der Waals surface area contributed by atoms with E-state index in [0.29, 0.717) is 0 Å². The van der Waals surface area contributed by atoms with Crippen molar-refractivity contribution < 1.29 is 0 Å². The molecule has 0 saturated heterocycles. The Morgan fingerprint density at radius 1 is 1.50 bits per heavy atom. The zero-order chi connectivity index (χ0) is 4.12. The molecule has 0 bridgehead atoms. The van der Waals surface area contributed by atoms with E-state index < -0.39 is 0 Å². The van der Waals surface area contributed by atoms with Crippen LogP contribution in [-0.2, 0) is 0 Å². The van der Waals surface area contributed by atoms with Crippen molar-refractivity contribution in [2.24, 2.45) is 10.2 Å². The van der Waals surface area contributed by atoms with Crippen molar-refractivity contribution in [2.75, 3.05) is 13.6 Å². The number of rotatable bonds is 1. The molecule has 0 spiro atoms. The molecule has 0 fully saturated rings. The zero-order valence-corrected chi connectivity index (χ0v) is 4.83. The van der Waals surface area contributed by atoms with E-state index in [2.05, 4.69) is 10.2 Å². The van der Waals surface area contributed by atoms with Gasteiger partial charge in [0.25, 0.3) is 0 Å². The zero-order valence-electron chi connectivity index (χ0n) is 4.01. The van der Waals surface area contributed by atoms with Crippen LogP contribution in [0.2, 0.25) is 0 Å². The smallest absolute Gasteiger partial charge is 0.0570 e. The Labute approximate surface area is 44.1 Å². The maximum absolute atomic E-state index is 3.60. The van der Waals surface area contributed by atoms with Gasteiger partial charge < -0.3 is 0 Å². The van der Waals surface area contributed by atoms with Crippen LogP contribution in [0.15, 0.2) is 10.2 Å². The molecule has 3 heteroatoms. The Bertz CT molecular complexity index is 35.8. The van der Waals surface area contributed by atoms with Gasteiger partial charge in [-0.05, 0) is 6.92 Å². The molecule has 2 nitrogen and oxygen atoms in total. The Morgan fingerprint density at radius 2 is 2.00 bits per heavy atom. The van der Waals surface area contributed by atoms with Gasteiger partial charge in [0.1, 0.15) is 0 Å². The fourth-order valence-electron chi connectivity index (χ4n) is 0.141. The highest BCUT2D eigenvalue weighted by molar-refractivity contribution is 5.85. The second kappa shape index (κ2) is 8.86. The second-order valence-electron chi connectivity index (χ2n) is 0.658. The predicted molar refractivity (Wildman–Crippen MR) is 28.6 cm³/mol. The Balaban J connectivity index is 0. The molecule has 0 aromatic heterocycles. The third-order valence-electron chi connectivity index (χ3n) is 0.283. The van der Waals surface area contributed by atoms with Gasteiger partial charge in [0.05, 0.1) is 6.54 Å². The third kappa shape index (κ3) is 9.10. The van der Waals surface area contributed by atoms with Crippen LogP contribution < -0.4 is 0 Å². The van der Waals surface area contributed by atoms with Crippen molar-refractivity contribution in [3.05, 3.63) is 0 Å². The summed E-state index contributed by atoms with van der Waals surface area (Å²) >= 11 is 0. The highest BCUT2D eigenvalue weighted by atomic mass is 35.5. The van der Waals surface area contributed by atoms with Gasteiger partial charge in [-0.2, -0.15) is 10.2 Å². The van der Waals surface area contributed by atoms with Crippen LogP contribution in [0, 0.1) is 0 Å². The van der Waals surface area contributed by atoms with Crippen LogP contribution in [0.4, 0.5) is 0 Å². The molecule has 0 aromatic carbocycles. The number of hydrogen-bond donors (Lipinski definition) is 0. The average molecular weight is 109 g/mol. The summed E-state index contributed by atoms with van der Waals surface area (Å²) in [7, 11) is 1.67. The van der Waals surface area contributed by atoms with E-state index in [1.165, 1.54) is 0 Å². The standard InChI is InChI=1S/C3H8N2.ClH/c1-3-5-4-2;/h3H2,1-2H3;1H. The van der Waals surface area contributed by atoms with Crippen molar-refractivity contribution >= 4 is 12.4 Å². The lowest BCUT2D eigenvalue weighted by Crippen LogP contribution is -1.57. The summed E-state index contributed by atoms with van der Waals surface area (Å²) in [6, 6.07) is 0. The van der Waals surface area contributed by atoms with Gasteiger partial charge in [-0.15, -0.1) is 12.4 Å². The molecule has 0 aliphatic carbocycles. The van der Waals surface area contributed by atoms with Crippen molar-refractivity contribution in [3.8, 4) is 0 Å². The van der Waals surface area contributed by atoms with Crippen molar-refractivity contribution in [3.63, 3.8) is 0 Å². The van der Waals surface area contributed by atoms with E-state index in [-0.39, 0.29) is 12.4 Å². The molecule has 0 aromatic rings. The van der Waals surface area contributed by atoms with Gasteiger partial charge in [0, 0.05) is 7.05 Å². The quantitative estimate of drug-likeness (QED) is 0.455. The molecule has 6 heavy (non-hydrogen) atoms. The van der Waals surface area contributed by atoms with E-state index >= 15 is 0 Å². The first-order valence-corrected chi connectivity index (χ1v) is 1.67. The minimum absolute atomic E-state index is 0. The number of azo groups is 1. The lowest BCUT2D eigenvalue weighted by Gasteiger charge is -1.66. The van der Waals surface area contributed by atoms with E-state index in [0.717, 1.165) is 6.54 Å². The van der Waals surface area contributed by atoms with E-state index in [1.54, 1.807) is 7.05 Å². The SMILES string of the molecule is CCN=NC.Cl. The molecule has 0 aliphatic heterocycles. The van der Waals surface area contributed by atoms with Crippen LogP contribution in [0.5, 0.6) is 0 Å². The fourth-order valence-corrected chi connectivity index (χ4v) is 0.141. The highest BCUT2D eigenvalue weighted by Gasteiger charge is 1.52. The molecule has 0 atom stereocenters. The van der Waals surface area contributed by atoms with E-state index in [9.17, 15) is 0 Å². The topological polar surface area (TPSA) is 24.7 Å². The summed E-state index contributed by atoms with van der Waals surface area (Å²) < 4.78 is 0. The average Bonchev–Trinajstić information content (AvgIpc) is 1.41. The van der Waals surface area contributed by atoms with E-state index in [1.807, 2.05) is 6.92 Å². The third-order valence-corrected chi connectivity index (χ3v) is 0.283. The Hall–Kier alpha value is -0.110. The summed E-state index contributed by atoms with van der Waals surface area (Å²) in [5.41, 5.74) is 0. The van der Waals surface area contributed by atoms with Gasteiger partial charge >= 0.3 is 0 Å². The lowest BCUT2D eigenvalue weighted by atomic mass is 10.8. The van der Waals surface area contributed by atoms with Crippen LogP contribution >= 0.6 is 12.4 Å². The van der Waals surface area contributed by atoms with Gasteiger partial charge in [0.15, 0.2) is 0 Å². The summed E-state index contributed by atoms with van der Waals surface area (Å²) in [6.07, 6.45) is 0. The molecule has 0 N–H and O–H groups in total. The minimum Gasteiger partial charge on any atom is -0.198 e. The fraction of sp³-hybridized carbons (Fsp3) is 1.00. The molecule has 0 radical (unpaired) electrons. The lowest BCUT2D eigenvalue weighted by molar-refractivity contribution is 0.976. The summed E-state index contributed by atoms with van der Waals surface area (Å²) in [4.78, 5) is 0. The minimum atomic E-state index is 0. The Morgan fingerprint density at radius 3 is 2.00 bits per heavy atom. The molecule has 0 rings (SSSR count). The molecule has 38 valence electrons. The molecule has 0 amide bonds. The monoisotopic (exact) mass is 108 g/mol. The molecule has 0 aliphatic rings. The van der Waals surface area contributed by atoms with Crippen molar-refractivity contribution in [1.82, 2.24) is 0 Å². The molecule has 0 heterocycles. The number of halogens is 1. The summed E-state index contributed by atoms with van der Waals surface area (Å²) in [5.74, 6) is 0. The summed E-state index contributed by atoms with van der Waals surface area (Å²) in [6.45, 7) is 2.75. The number of hydrogen-bond acceptors (Lipinski definition) is 2. The van der Waals surface area contributed by atoms with Crippen LogP contribution in [0.25, 0.3) is 0 Å². The largest absolute Gasteiger partial charge is 0.198 e. The van der Waals surface area contributed by atoms with Gasteiger partial charge in [0.2, 0.25) is 0 Å². The normalized spacial score (nSPS) is 8.33. The highest BCUT2D eigenvalue weighted by Crippen LogP contribution is 1.62. The summed E-state index contributed by atoms with van der Waals surface area (Å²) in [5, 5.41) is 7.08. The van der Waals surface area contributed by atoms with Crippen LogP contribution in [0.1, 0.15) is 6.92 Å². The van der Waals surface area contributed by atoms with Crippen LogP contribution in [-0.4, -0.2) is 13.6 Å². The van der Waals surface area contributed by atoms with Crippen molar-refractivity contribution in [1.29, 1.82) is 0 Å². The number of nitrogens with zero attached hydrogens (tertiary/aromatic N) is 2. The Kier molecular flexibility index (Phi) is 13.7. The maximum Gasteiger partial charge on any atom is 0.0570 e. The molecule has 0 saturated carbocycles. The van der Waals surface area contributed by atoms with E-state index in [4.69, 9.17) is 0 Å². The second-order valence-corrected chi connectivity index (χ2v) is 0.658. The molecular formula is C3H9ClN2. The van der Waals surface area contributed by atoms with Gasteiger partial charge in [-0.25, -0.2) is 0 Å². The maximum atomic E-state index is 3.60. The molecular weight excluding hydrogens is 99.5 g/mol. The molecule has 0 unspecified atom stereocenters. The van der Waals surface area contributed by atoms with Gasteiger partial charge in [-0.1, -0.05) is 0 Å². The first-order valence-electron chi connectivity index (χ1n) is 1.67. The van der Waals surface area contributed by atoms with Gasteiger partial charge in [-0.3, -0.25) is 0 Å². The first-order chi connectivity index (χ1) is 2.41. The van der Waals surface area contributed by atoms with Crippen molar-refractivity contribution in [2.45, 2.75) is 6.92 Å². The first kappa shape index (κ1) is 9.31.